The van der Waals surface area contributed by atoms with Gasteiger partial charge in [-0.05, 0) is 36.6 Å². The van der Waals surface area contributed by atoms with Crippen molar-refractivity contribution in [3.8, 4) is 11.8 Å². The Morgan fingerprint density at radius 3 is 2.68 bits per heavy atom. The van der Waals surface area contributed by atoms with Crippen LogP contribution in [0.3, 0.4) is 0 Å². The number of aromatic nitrogens is 4. The Bertz CT molecular complexity index is 805. The maximum Gasteiger partial charge on any atom is 0.152 e. The number of hydrogen-bond donors (Lipinski definition) is 1. The zero-order valence-electron chi connectivity index (χ0n) is 11.8. The highest BCUT2D eigenvalue weighted by molar-refractivity contribution is 7.98. The van der Waals surface area contributed by atoms with Crippen LogP contribution in [0.2, 0.25) is 0 Å². The summed E-state index contributed by atoms with van der Waals surface area (Å²) in [6, 6.07) is 11.7. The molecule has 0 aliphatic carbocycles. The van der Waals surface area contributed by atoms with Gasteiger partial charge in [0.1, 0.15) is 23.0 Å². The normalized spacial score (nSPS) is 10.2. The van der Waals surface area contributed by atoms with Crippen molar-refractivity contribution in [2.24, 2.45) is 0 Å². The van der Waals surface area contributed by atoms with Crippen LogP contribution in [0.15, 0.2) is 54.1 Å². The van der Waals surface area contributed by atoms with Gasteiger partial charge in [-0.3, -0.25) is 0 Å². The number of nitrogens with zero attached hydrogens (tertiary/aromatic N) is 5. The predicted molar refractivity (Wildman–Crippen MR) is 85.4 cm³/mol. The highest BCUT2D eigenvalue weighted by atomic mass is 32.2. The Hall–Kier alpha value is -2.85. The molecule has 0 saturated heterocycles. The van der Waals surface area contributed by atoms with Crippen LogP contribution in [0, 0.1) is 11.3 Å². The molecule has 0 unspecified atom stereocenters. The van der Waals surface area contributed by atoms with Crippen molar-refractivity contribution >= 4 is 23.3 Å². The quantitative estimate of drug-likeness (QED) is 0.589. The minimum atomic E-state index is 0.450. The lowest BCUT2D eigenvalue weighted by molar-refractivity contribution is 0.881. The van der Waals surface area contributed by atoms with Gasteiger partial charge in [0.15, 0.2) is 5.82 Å². The molecular formula is C15H12N6S. The molecule has 0 aliphatic rings. The first-order valence-corrected chi connectivity index (χ1v) is 7.70. The molecule has 2 aromatic heterocycles. The van der Waals surface area contributed by atoms with Crippen LogP contribution in [0.1, 0.15) is 5.56 Å². The van der Waals surface area contributed by atoms with Gasteiger partial charge in [-0.15, -0.1) is 11.8 Å². The van der Waals surface area contributed by atoms with E-state index in [0.29, 0.717) is 16.4 Å². The van der Waals surface area contributed by atoms with Crippen LogP contribution in [-0.2, 0) is 0 Å². The van der Waals surface area contributed by atoms with Crippen LogP contribution >= 0.6 is 11.8 Å². The summed E-state index contributed by atoms with van der Waals surface area (Å²) in [6.07, 6.45) is 6.94. The van der Waals surface area contributed by atoms with Crippen LogP contribution in [0.4, 0.5) is 11.5 Å². The molecule has 3 aromatic rings. The molecule has 1 N–H and O–H groups in total. The minimum Gasteiger partial charge on any atom is -0.339 e. The molecule has 108 valence electrons. The fraction of sp³-hybridized carbons (Fsp3) is 0.0667. The topological polar surface area (TPSA) is 79.4 Å². The van der Waals surface area contributed by atoms with Crippen LogP contribution in [0.5, 0.6) is 0 Å². The van der Waals surface area contributed by atoms with E-state index in [2.05, 4.69) is 26.5 Å². The van der Waals surface area contributed by atoms with Gasteiger partial charge in [-0.25, -0.2) is 14.6 Å². The number of nitrogens with one attached hydrogen (secondary N) is 1. The molecule has 0 spiro atoms. The monoisotopic (exact) mass is 308 g/mol. The van der Waals surface area contributed by atoms with E-state index in [9.17, 15) is 5.26 Å². The zero-order chi connectivity index (χ0) is 15.4. The summed E-state index contributed by atoms with van der Waals surface area (Å²) in [6.45, 7) is 0. The molecule has 0 fully saturated rings. The average molecular weight is 308 g/mol. The largest absolute Gasteiger partial charge is 0.339 e. The van der Waals surface area contributed by atoms with Crippen molar-refractivity contribution in [2.75, 3.05) is 11.6 Å². The molecule has 3 rings (SSSR count). The summed E-state index contributed by atoms with van der Waals surface area (Å²) < 4.78 is 1.78. The number of nitriles is 1. The second kappa shape index (κ2) is 6.28. The van der Waals surface area contributed by atoms with E-state index in [1.54, 1.807) is 10.9 Å². The fourth-order valence-electron chi connectivity index (χ4n) is 1.98. The number of anilines is 2. The van der Waals surface area contributed by atoms with Crippen LogP contribution in [0.25, 0.3) is 5.69 Å². The smallest absolute Gasteiger partial charge is 0.152 e. The molecular weight excluding hydrogens is 296 g/mol. The number of rotatable bonds is 4. The van der Waals surface area contributed by atoms with Gasteiger partial charge in [0.25, 0.3) is 0 Å². The highest BCUT2D eigenvalue weighted by Crippen LogP contribution is 2.25. The van der Waals surface area contributed by atoms with Gasteiger partial charge in [0, 0.05) is 18.1 Å². The lowest BCUT2D eigenvalue weighted by atomic mass is 10.2. The summed E-state index contributed by atoms with van der Waals surface area (Å²) in [5.41, 5.74) is 2.26. The van der Waals surface area contributed by atoms with Crippen molar-refractivity contribution < 1.29 is 0 Å². The van der Waals surface area contributed by atoms with E-state index in [0.717, 1.165) is 11.4 Å². The molecule has 0 radical (unpaired) electrons. The average Bonchev–Trinajstić information content (AvgIpc) is 3.09. The first kappa shape index (κ1) is 14.1. The SMILES string of the molecule is CSc1ncnc(Nc2ccc(-n3cccn3)cc2)c1C#N. The van der Waals surface area contributed by atoms with Crippen molar-refractivity contribution in [1.29, 1.82) is 5.26 Å². The summed E-state index contributed by atoms with van der Waals surface area (Å²) in [5.74, 6) is 0.508. The van der Waals surface area contributed by atoms with E-state index in [-0.39, 0.29) is 0 Å². The Kier molecular flexibility index (Phi) is 4.03. The van der Waals surface area contributed by atoms with Gasteiger partial charge in [-0.2, -0.15) is 10.4 Å². The van der Waals surface area contributed by atoms with E-state index in [4.69, 9.17) is 0 Å². The Labute approximate surface area is 131 Å². The van der Waals surface area contributed by atoms with Crippen LogP contribution < -0.4 is 5.32 Å². The number of thioether (sulfide) groups is 1. The molecule has 0 atom stereocenters. The van der Waals surface area contributed by atoms with Gasteiger partial charge in [0.05, 0.1) is 5.69 Å². The van der Waals surface area contributed by atoms with Crippen molar-refractivity contribution in [3.05, 3.63) is 54.6 Å². The van der Waals surface area contributed by atoms with Crippen molar-refractivity contribution in [3.63, 3.8) is 0 Å². The fourth-order valence-corrected chi connectivity index (χ4v) is 2.47. The van der Waals surface area contributed by atoms with E-state index >= 15 is 0 Å². The molecule has 0 aliphatic heterocycles. The molecule has 1 aromatic carbocycles. The van der Waals surface area contributed by atoms with Crippen molar-refractivity contribution in [2.45, 2.75) is 5.03 Å². The predicted octanol–water partition coefficient (Wildman–Crippen LogP) is 3.00. The van der Waals surface area contributed by atoms with E-state index in [1.807, 2.05) is 42.8 Å². The van der Waals surface area contributed by atoms with E-state index in [1.165, 1.54) is 18.1 Å². The van der Waals surface area contributed by atoms with Gasteiger partial charge >= 0.3 is 0 Å². The van der Waals surface area contributed by atoms with Gasteiger partial charge < -0.3 is 5.32 Å². The number of hydrogen-bond acceptors (Lipinski definition) is 6. The Morgan fingerprint density at radius 2 is 2.05 bits per heavy atom. The highest BCUT2D eigenvalue weighted by Gasteiger charge is 2.10. The van der Waals surface area contributed by atoms with Crippen molar-refractivity contribution in [1.82, 2.24) is 19.7 Å². The maximum absolute atomic E-state index is 9.28. The summed E-state index contributed by atoms with van der Waals surface area (Å²) in [5, 5.41) is 17.3. The maximum atomic E-state index is 9.28. The standard InChI is InChI=1S/C15H12N6S/c1-22-15-13(9-16)14(17-10-18-15)20-11-3-5-12(6-4-11)21-8-2-7-19-21/h2-8,10H,1H3,(H,17,18,20). The number of benzene rings is 1. The lowest BCUT2D eigenvalue weighted by Gasteiger charge is -2.09. The summed E-state index contributed by atoms with van der Waals surface area (Å²) in [7, 11) is 0. The second-order valence-corrected chi connectivity index (χ2v) is 5.14. The lowest BCUT2D eigenvalue weighted by Crippen LogP contribution is -2.00. The summed E-state index contributed by atoms with van der Waals surface area (Å²) >= 11 is 1.42. The van der Waals surface area contributed by atoms with Gasteiger partial charge in [-0.1, -0.05) is 0 Å². The Morgan fingerprint density at radius 1 is 1.23 bits per heavy atom. The third kappa shape index (κ3) is 2.77. The molecule has 2 heterocycles. The Balaban J connectivity index is 1.87. The molecule has 0 bridgehead atoms. The first-order valence-electron chi connectivity index (χ1n) is 6.48. The van der Waals surface area contributed by atoms with E-state index < -0.39 is 0 Å². The molecule has 0 amide bonds. The van der Waals surface area contributed by atoms with Crippen LogP contribution in [-0.4, -0.2) is 26.0 Å². The second-order valence-electron chi connectivity index (χ2n) is 4.34. The zero-order valence-corrected chi connectivity index (χ0v) is 12.6. The first-order chi connectivity index (χ1) is 10.8. The third-order valence-electron chi connectivity index (χ3n) is 3.02. The molecule has 22 heavy (non-hydrogen) atoms. The minimum absolute atomic E-state index is 0.450. The van der Waals surface area contributed by atoms with Gasteiger partial charge in [0.2, 0.25) is 0 Å². The molecule has 6 nitrogen and oxygen atoms in total. The summed E-state index contributed by atoms with van der Waals surface area (Å²) in [4.78, 5) is 8.25. The molecule has 7 heteroatoms. The third-order valence-corrected chi connectivity index (χ3v) is 3.71. The molecule has 0 saturated carbocycles.